The molecule has 0 aromatic carbocycles. The van der Waals surface area contributed by atoms with Crippen molar-refractivity contribution >= 4 is 17.1 Å². The highest BCUT2D eigenvalue weighted by Gasteiger charge is 2.23. The van der Waals surface area contributed by atoms with Crippen molar-refractivity contribution in [3.63, 3.8) is 0 Å². The van der Waals surface area contributed by atoms with E-state index in [2.05, 4.69) is 20.1 Å². The fourth-order valence-electron chi connectivity index (χ4n) is 2.73. The Morgan fingerprint density at radius 2 is 2.00 bits per heavy atom. The first kappa shape index (κ1) is 20.3. The van der Waals surface area contributed by atoms with Gasteiger partial charge in [0, 0.05) is 19.3 Å². The van der Waals surface area contributed by atoms with Crippen molar-refractivity contribution in [2.75, 3.05) is 0 Å². The Labute approximate surface area is 158 Å². The highest BCUT2D eigenvalue weighted by molar-refractivity contribution is 5.82. The van der Waals surface area contributed by atoms with E-state index in [1.54, 1.807) is 13.1 Å². The molecule has 0 aliphatic rings. The molecule has 0 saturated carbocycles. The number of fused-ring (bicyclic) bond motifs is 1. The van der Waals surface area contributed by atoms with Crippen LogP contribution in [0.15, 0.2) is 12.5 Å². The summed E-state index contributed by atoms with van der Waals surface area (Å²) >= 11 is 0. The van der Waals surface area contributed by atoms with Gasteiger partial charge in [0.15, 0.2) is 17.3 Å². The maximum atomic E-state index is 11.2. The molecular weight excluding hydrogens is 348 g/mol. The minimum absolute atomic E-state index is 0.168. The smallest absolute Gasteiger partial charge is 0.344 e. The minimum Gasteiger partial charge on any atom is -0.479 e. The van der Waals surface area contributed by atoms with Crippen LogP contribution in [0, 0.1) is 6.92 Å². The molecule has 3 aromatic heterocycles. The van der Waals surface area contributed by atoms with Crippen LogP contribution in [0.1, 0.15) is 39.8 Å². The van der Waals surface area contributed by atoms with Crippen molar-refractivity contribution in [3.05, 3.63) is 18.2 Å². The van der Waals surface area contributed by atoms with Gasteiger partial charge in [-0.25, -0.2) is 14.8 Å². The predicted molar refractivity (Wildman–Crippen MR) is 102 cm³/mol. The number of aromatic nitrogens is 6. The third-order valence-electron chi connectivity index (χ3n) is 4.17. The fraction of sp³-hybridized carbons (Fsp3) is 0.500. The molecule has 0 saturated heterocycles. The molecule has 9 heteroatoms. The average molecular weight is 374 g/mol. The number of aryl methyl sites for hydroxylation is 2. The first-order valence-electron chi connectivity index (χ1n) is 9.07. The van der Waals surface area contributed by atoms with Gasteiger partial charge < -0.3 is 14.4 Å². The largest absolute Gasteiger partial charge is 0.479 e. The second kappa shape index (κ2) is 8.61. The van der Waals surface area contributed by atoms with Crippen LogP contribution in [-0.4, -0.2) is 46.5 Å². The predicted octanol–water partition coefficient (Wildman–Crippen LogP) is 2.82. The summed E-state index contributed by atoms with van der Waals surface area (Å²) in [6, 6.07) is 0. The molecule has 9 nitrogen and oxygen atoms in total. The second-order valence-corrected chi connectivity index (χ2v) is 5.66. The summed E-state index contributed by atoms with van der Waals surface area (Å²) < 4.78 is 9.27. The molecule has 1 atom stereocenters. The standard InChI is InChI=1S/C16H20N6O3.C2H6/c1-5-11(16(23)24)25-15-12-14(17-8-18-15)21(4)13(20-12)10-7-19-22(6-2)9(10)3;1-2/h7-8,11H,5-6H2,1-4H3,(H,23,24);1-2H3. The summed E-state index contributed by atoms with van der Waals surface area (Å²) in [5, 5.41) is 13.6. The Morgan fingerprint density at radius 1 is 1.30 bits per heavy atom. The van der Waals surface area contributed by atoms with E-state index >= 15 is 0 Å². The molecule has 0 aliphatic carbocycles. The van der Waals surface area contributed by atoms with E-state index in [1.165, 1.54) is 6.33 Å². The van der Waals surface area contributed by atoms with Crippen LogP contribution in [0.5, 0.6) is 5.88 Å². The van der Waals surface area contributed by atoms with Crippen LogP contribution in [0.4, 0.5) is 0 Å². The molecule has 1 unspecified atom stereocenters. The Kier molecular flexibility index (Phi) is 6.49. The molecule has 0 aliphatic heterocycles. The van der Waals surface area contributed by atoms with Gasteiger partial charge in [0.1, 0.15) is 12.2 Å². The Morgan fingerprint density at radius 3 is 2.56 bits per heavy atom. The van der Waals surface area contributed by atoms with Crippen LogP contribution in [0.25, 0.3) is 22.6 Å². The van der Waals surface area contributed by atoms with Crippen LogP contribution in [0.3, 0.4) is 0 Å². The maximum Gasteiger partial charge on any atom is 0.344 e. The Bertz CT molecular complexity index is 931. The lowest BCUT2D eigenvalue weighted by atomic mass is 10.2. The van der Waals surface area contributed by atoms with Gasteiger partial charge >= 0.3 is 5.97 Å². The SMILES string of the molecule is CC.CCC(Oc1ncnc2c1nc(-c1cnn(CC)c1C)n2C)C(=O)O. The molecule has 0 bridgehead atoms. The highest BCUT2D eigenvalue weighted by Crippen LogP contribution is 2.29. The fourth-order valence-corrected chi connectivity index (χ4v) is 2.73. The van der Waals surface area contributed by atoms with E-state index in [9.17, 15) is 9.90 Å². The number of hydrogen-bond donors (Lipinski definition) is 1. The first-order valence-corrected chi connectivity index (χ1v) is 9.07. The van der Waals surface area contributed by atoms with Gasteiger partial charge in [-0.1, -0.05) is 20.8 Å². The zero-order valence-electron chi connectivity index (χ0n) is 16.6. The summed E-state index contributed by atoms with van der Waals surface area (Å²) in [5.41, 5.74) is 2.89. The van der Waals surface area contributed by atoms with Crippen LogP contribution < -0.4 is 4.74 Å². The van der Waals surface area contributed by atoms with E-state index in [-0.39, 0.29) is 5.88 Å². The highest BCUT2D eigenvalue weighted by atomic mass is 16.5. The van der Waals surface area contributed by atoms with E-state index in [1.807, 2.05) is 44.0 Å². The van der Waals surface area contributed by atoms with Gasteiger partial charge in [-0.3, -0.25) is 4.68 Å². The summed E-state index contributed by atoms with van der Waals surface area (Å²) in [6.07, 6.45) is 2.45. The second-order valence-electron chi connectivity index (χ2n) is 5.66. The molecule has 3 heterocycles. The zero-order valence-corrected chi connectivity index (χ0v) is 16.6. The van der Waals surface area contributed by atoms with Crippen molar-refractivity contribution < 1.29 is 14.6 Å². The molecule has 0 amide bonds. The molecule has 146 valence electrons. The summed E-state index contributed by atoms with van der Waals surface area (Å²) in [7, 11) is 1.85. The van der Waals surface area contributed by atoms with E-state index in [4.69, 9.17) is 4.74 Å². The third kappa shape index (κ3) is 3.76. The third-order valence-corrected chi connectivity index (χ3v) is 4.17. The van der Waals surface area contributed by atoms with Gasteiger partial charge in [-0.05, 0) is 20.3 Å². The van der Waals surface area contributed by atoms with Gasteiger partial charge in [-0.2, -0.15) is 10.1 Å². The van der Waals surface area contributed by atoms with Gasteiger partial charge in [0.25, 0.3) is 0 Å². The molecule has 27 heavy (non-hydrogen) atoms. The minimum atomic E-state index is -1.04. The van der Waals surface area contributed by atoms with Crippen molar-refractivity contribution in [1.29, 1.82) is 0 Å². The molecule has 3 aromatic rings. The molecule has 1 N–H and O–H groups in total. The monoisotopic (exact) mass is 374 g/mol. The Balaban J connectivity index is 0.00000126. The molecular formula is C18H26N6O3. The van der Waals surface area contributed by atoms with Gasteiger partial charge in [0.05, 0.1) is 11.8 Å². The average Bonchev–Trinajstić information content (AvgIpc) is 3.21. The van der Waals surface area contributed by atoms with Crippen molar-refractivity contribution in [2.45, 2.75) is 53.7 Å². The van der Waals surface area contributed by atoms with E-state index in [0.717, 1.165) is 17.8 Å². The Hall–Kier alpha value is -2.97. The topological polar surface area (TPSA) is 108 Å². The molecule has 0 fully saturated rings. The van der Waals surface area contributed by atoms with Gasteiger partial charge in [0.2, 0.25) is 5.88 Å². The van der Waals surface area contributed by atoms with Crippen molar-refractivity contribution in [1.82, 2.24) is 29.3 Å². The lowest BCUT2D eigenvalue weighted by molar-refractivity contribution is -0.145. The number of rotatable bonds is 6. The number of carboxylic acids is 1. The van der Waals surface area contributed by atoms with E-state index < -0.39 is 12.1 Å². The first-order chi connectivity index (χ1) is 13.0. The molecule has 0 radical (unpaired) electrons. The summed E-state index contributed by atoms with van der Waals surface area (Å²) in [4.78, 5) is 24.2. The number of aliphatic carboxylic acids is 1. The number of carboxylic acid groups (broad SMARTS) is 1. The molecule has 3 rings (SSSR count). The van der Waals surface area contributed by atoms with Crippen LogP contribution in [0.2, 0.25) is 0 Å². The van der Waals surface area contributed by atoms with Crippen LogP contribution >= 0.6 is 0 Å². The lowest BCUT2D eigenvalue weighted by Crippen LogP contribution is -2.26. The van der Waals surface area contributed by atoms with Crippen molar-refractivity contribution in [3.8, 4) is 17.3 Å². The zero-order chi connectivity index (χ0) is 20.1. The normalized spacial score (nSPS) is 11.8. The maximum absolute atomic E-state index is 11.2. The number of imidazole rings is 1. The summed E-state index contributed by atoms with van der Waals surface area (Å²) in [5.74, 6) is -0.187. The quantitative estimate of drug-likeness (QED) is 0.707. The lowest BCUT2D eigenvalue weighted by Gasteiger charge is -2.11. The number of ether oxygens (including phenoxy) is 1. The van der Waals surface area contributed by atoms with Gasteiger partial charge in [-0.15, -0.1) is 0 Å². The summed E-state index contributed by atoms with van der Waals surface area (Å²) in [6.45, 7) is 10.5. The van der Waals surface area contributed by atoms with Crippen LogP contribution in [-0.2, 0) is 18.4 Å². The number of carbonyl (C=O) groups is 1. The molecule has 0 spiro atoms. The number of hydrogen-bond acceptors (Lipinski definition) is 6. The number of nitrogens with zero attached hydrogens (tertiary/aromatic N) is 6. The van der Waals surface area contributed by atoms with E-state index in [0.29, 0.717) is 23.4 Å². The van der Waals surface area contributed by atoms with Crippen molar-refractivity contribution in [2.24, 2.45) is 7.05 Å².